The van der Waals surface area contributed by atoms with Gasteiger partial charge in [-0.05, 0) is 120 Å². The van der Waals surface area contributed by atoms with Crippen molar-refractivity contribution < 1.29 is 37.0 Å². The topological polar surface area (TPSA) is 52.9 Å². The van der Waals surface area contributed by atoms with E-state index in [4.69, 9.17) is 20.6 Å². The molecular weight excluding hydrogens is 846 g/mol. The van der Waals surface area contributed by atoms with Gasteiger partial charge in [0.1, 0.15) is 23.3 Å². The van der Waals surface area contributed by atoms with Gasteiger partial charge in [0.15, 0.2) is 0 Å². The zero-order valence-corrected chi connectivity index (χ0v) is 36.9. The summed E-state index contributed by atoms with van der Waals surface area (Å²) in [5.41, 5.74) is 8.48. The minimum Gasteiger partial charge on any atom is -0.657 e. The summed E-state index contributed by atoms with van der Waals surface area (Å²) in [6, 6.07) is 62.6. The molecule has 8 aromatic carbocycles. The Labute approximate surface area is 377 Å². The van der Waals surface area contributed by atoms with Crippen LogP contribution in [-0.2, 0) is 19.5 Å². The van der Waals surface area contributed by atoms with Gasteiger partial charge in [-0.3, -0.25) is 0 Å². The smallest absolute Gasteiger partial charge is 0.657 e. The summed E-state index contributed by atoms with van der Waals surface area (Å²) < 4.78 is 54.1. The van der Waals surface area contributed by atoms with Crippen LogP contribution in [0.15, 0.2) is 241 Å². The molecule has 0 fully saturated rings. The molecule has 0 bridgehead atoms. The molecule has 0 unspecified atom stereocenters. The third kappa shape index (κ3) is 13.8. The minimum absolute atomic E-state index is 0. The van der Waals surface area contributed by atoms with E-state index in [0.717, 1.165) is 45.0 Å². The van der Waals surface area contributed by atoms with Gasteiger partial charge in [-0.1, -0.05) is 121 Å². The van der Waals surface area contributed by atoms with Crippen LogP contribution in [-0.4, -0.2) is 11.4 Å². The van der Waals surface area contributed by atoms with E-state index in [9.17, 15) is 17.6 Å². The van der Waals surface area contributed by atoms with E-state index >= 15 is 0 Å². The average Bonchev–Trinajstić information content (AvgIpc) is 3.31. The van der Waals surface area contributed by atoms with Crippen LogP contribution in [0.3, 0.4) is 0 Å². The van der Waals surface area contributed by atoms with Crippen LogP contribution in [0.4, 0.5) is 40.3 Å². The molecule has 0 aliphatic rings. The molecule has 0 aliphatic heterocycles. The number of halogens is 4. The first-order valence-electron chi connectivity index (χ1n) is 19.6. The van der Waals surface area contributed by atoms with Crippen molar-refractivity contribution in [1.29, 1.82) is 0 Å². The van der Waals surface area contributed by atoms with Crippen molar-refractivity contribution >= 4 is 45.6 Å². The summed E-state index contributed by atoms with van der Waals surface area (Å²) in [4.78, 5) is 9.53. The fraction of sp³-hybridized carbons (Fsp3) is 0. The molecule has 0 aromatic heterocycles. The zero-order chi connectivity index (χ0) is 42.9. The molecule has 4 nitrogen and oxygen atoms in total. The third-order valence-corrected chi connectivity index (χ3v) is 9.13. The van der Waals surface area contributed by atoms with Crippen molar-refractivity contribution in [2.45, 2.75) is 0 Å². The Morgan fingerprint density at radius 2 is 0.571 bits per heavy atom. The zero-order valence-electron chi connectivity index (χ0n) is 33.9. The SMILES string of the molecule is Fc1ccc(C(/C=C(\[N-]c2ccccc2)c2ccc(F)cc2)=Nc2ccccc2)cc1.Fc1ccc(C(/C=C(\[N-]c2ccccc2)c2ccc(F)cc2)=Nc2ccccc2)cc1.[Zn+2]. The van der Waals surface area contributed by atoms with Crippen LogP contribution in [0.5, 0.6) is 0 Å². The predicted octanol–water partition coefficient (Wildman–Crippen LogP) is 15.7. The number of para-hydroxylation sites is 4. The van der Waals surface area contributed by atoms with Gasteiger partial charge in [0.2, 0.25) is 0 Å². The number of benzene rings is 8. The summed E-state index contributed by atoms with van der Waals surface area (Å²) in [7, 11) is 0. The second kappa shape index (κ2) is 22.9. The Hall–Kier alpha value is -7.48. The maximum atomic E-state index is 13.5. The largest absolute Gasteiger partial charge is 2.00 e. The van der Waals surface area contributed by atoms with Gasteiger partial charge in [0, 0.05) is 11.1 Å². The van der Waals surface area contributed by atoms with E-state index in [1.807, 2.05) is 133 Å². The number of aliphatic imine (C=N–C) groups is 2. The Bertz CT molecular complexity index is 2570. The minimum atomic E-state index is -0.320. The summed E-state index contributed by atoms with van der Waals surface area (Å²) in [5.74, 6) is -1.28. The molecule has 304 valence electrons. The summed E-state index contributed by atoms with van der Waals surface area (Å²) in [6.07, 6.45) is 3.67. The Morgan fingerprint density at radius 1 is 0.317 bits per heavy atom. The molecule has 0 heterocycles. The number of allylic oxidation sites excluding steroid dienone is 2. The van der Waals surface area contributed by atoms with Gasteiger partial charge >= 0.3 is 19.5 Å². The van der Waals surface area contributed by atoms with Crippen molar-refractivity contribution in [2.75, 3.05) is 0 Å². The molecule has 0 radical (unpaired) electrons. The van der Waals surface area contributed by atoms with Gasteiger partial charge in [0.25, 0.3) is 0 Å². The van der Waals surface area contributed by atoms with Crippen LogP contribution in [0.2, 0.25) is 0 Å². The van der Waals surface area contributed by atoms with E-state index in [1.165, 1.54) is 48.5 Å². The monoisotopic (exact) mass is 882 g/mol. The van der Waals surface area contributed by atoms with Gasteiger partial charge in [-0.2, -0.15) is 0 Å². The van der Waals surface area contributed by atoms with Crippen molar-refractivity contribution in [3.05, 3.63) is 287 Å². The second-order valence-electron chi connectivity index (χ2n) is 13.6. The Morgan fingerprint density at radius 3 is 0.857 bits per heavy atom. The van der Waals surface area contributed by atoms with Gasteiger partial charge in [-0.25, -0.2) is 27.5 Å². The summed E-state index contributed by atoms with van der Waals surface area (Å²) >= 11 is 0. The van der Waals surface area contributed by atoms with Gasteiger partial charge in [-0.15, -0.1) is 22.8 Å². The molecule has 0 saturated heterocycles. The normalized spacial score (nSPS) is 11.7. The van der Waals surface area contributed by atoms with E-state index in [-0.39, 0.29) is 42.7 Å². The molecule has 9 heteroatoms. The number of rotatable bonds is 12. The van der Waals surface area contributed by atoms with Crippen LogP contribution < -0.4 is 0 Å². The van der Waals surface area contributed by atoms with Gasteiger partial charge < -0.3 is 10.6 Å². The Balaban J connectivity index is 0.000000206. The second-order valence-corrected chi connectivity index (χ2v) is 13.6. The van der Waals surface area contributed by atoms with Crippen molar-refractivity contribution in [3.63, 3.8) is 0 Å². The summed E-state index contributed by atoms with van der Waals surface area (Å²) in [6.45, 7) is 0. The molecule has 0 spiro atoms. The first-order valence-corrected chi connectivity index (χ1v) is 19.6. The fourth-order valence-electron chi connectivity index (χ4n) is 6.03. The van der Waals surface area contributed by atoms with Crippen LogP contribution >= 0.6 is 0 Å². The third-order valence-electron chi connectivity index (χ3n) is 9.13. The van der Waals surface area contributed by atoms with Crippen LogP contribution in [0.1, 0.15) is 22.3 Å². The maximum Gasteiger partial charge on any atom is 2.00 e. The Kier molecular flexibility index (Phi) is 16.4. The quantitative estimate of drug-likeness (QED) is 0.0667. The number of nitrogens with zero attached hydrogens (tertiary/aromatic N) is 4. The van der Waals surface area contributed by atoms with E-state index in [2.05, 4.69) is 0 Å². The number of hydrogen-bond acceptors (Lipinski definition) is 2. The van der Waals surface area contributed by atoms with E-state index < -0.39 is 0 Å². The van der Waals surface area contributed by atoms with E-state index in [1.54, 1.807) is 48.5 Å². The standard InChI is InChI=1S/2C27H19F2N2.Zn/c2*28-22-15-11-20(12-16-22)26(30-24-7-3-1-4-8-24)19-27(21-13-17-23(29)18-14-21)31-25-9-5-2-6-10-25;/h2*1-19H;/q2*-1;+2/b2*26-19-,31-27?;. The number of hydrogen-bond donors (Lipinski definition) is 0. The molecule has 8 rings (SSSR count). The molecule has 0 atom stereocenters. The predicted molar refractivity (Wildman–Crippen MR) is 246 cm³/mol. The first kappa shape index (κ1) is 45.1. The molecule has 0 N–H and O–H groups in total. The van der Waals surface area contributed by atoms with Gasteiger partial charge in [0.05, 0.1) is 22.8 Å². The molecule has 0 aliphatic carbocycles. The molecular formula is C54H38F4N4Zn. The maximum absolute atomic E-state index is 13.5. The fourth-order valence-corrected chi connectivity index (χ4v) is 6.03. The molecule has 63 heavy (non-hydrogen) atoms. The van der Waals surface area contributed by atoms with Crippen LogP contribution in [0, 0.1) is 23.3 Å². The average molecular weight is 884 g/mol. The van der Waals surface area contributed by atoms with Crippen molar-refractivity contribution in [3.8, 4) is 0 Å². The van der Waals surface area contributed by atoms with Crippen LogP contribution in [0.25, 0.3) is 22.0 Å². The van der Waals surface area contributed by atoms with E-state index in [0.29, 0.717) is 22.8 Å². The van der Waals surface area contributed by atoms with Crippen molar-refractivity contribution in [1.82, 2.24) is 0 Å². The molecule has 0 amide bonds. The van der Waals surface area contributed by atoms with Crippen molar-refractivity contribution in [2.24, 2.45) is 9.98 Å². The molecule has 8 aromatic rings. The molecule has 0 saturated carbocycles. The summed E-state index contributed by atoms with van der Waals surface area (Å²) in [5, 5.41) is 9.53. The first-order chi connectivity index (χ1) is 30.3.